The second-order valence-electron chi connectivity index (χ2n) is 5.25. The average molecular weight is 284 g/mol. The molecule has 1 saturated heterocycles. The second-order valence-corrected chi connectivity index (χ2v) is 5.25. The first-order chi connectivity index (χ1) is 10.3. The molecule has 0 aromatic carbocycles. The van der Waals surface area contributed by atoms with E-state index in [9.17, 15) is 5.11 Å². The zero-order valence-corrected chi connectivity index (χ0v) is 12.2. The van der Waals surface area contributed by atoms with E-state index in [0.29, 0.717) is 0 Å². The van der Waals surface area contributed by atoms with Gasteiger partial charge in [-0.3, -0.25) is 0 Å². The highest BCUT2D eigenvalue weighted by atomic mass is 16.3. The van der Waals surface area contributed by atoms with Crippen molar-refractivity contribution in [3.8, 4) is 0 Å². The molecule has 0 radical (unpaired) electrons. The van der Waals surface area contributed by atoms with Gasteiger partial charge in [0, 0.05) is 44.1 Å². The van der Waals surface area contributed by atoms with Crippen molar-refractivity contribution >= 4 is 11.6 Å². The van der Waals surface area contributed by atoms with Gasteiger partial charge in [-0.05, 0) is 25.1 Å². The third-order valence-corrected chi connectivity index (χ3v) is 3.82. The van der Waals surface area contributed by atoms with Gasteiger partial charge in [0.2, 0.25) is 0 Å². The summed E-state index contributed by atoms with van der Waals surface area (Å²) < 4.78 is 0. The van der Waals surface area contributed by atoms with Crippen LogP contribution in [0.25, 0.3) is 0 Å². The predicted molar refractivity (Wildman–Crippen MR) is 83.5 cm³/mol. The van der Waals surface area contributed by atoms with Crippen molar-refractivity contribution in [1.82, 2.24) is 9.97 Å². The minimum absolute atomic E-state index is 0.498. The maximum atomic E-state index is 9.88. The minimum Gasteiger partial charge on any atom is -0.389 e. The number of aromatic nitrogens is 2. The summed E-state index contributed by atoms with van der Waals surface area (Å²) >= 11 is 0. The van der Waals surface area contributed by atoms with Gasteiger partial charge in [-0.2, -0.15) is 0 Å². The van der Waals surface area contributed by atoms with Crippen LogP contribution >= 0.6 is 0 Å². The number of aliphatic hydroxyl groups excluding tert-OH is 1. The quantitative estimate of drug-likeness (QED) is 0.932. The van der Waals surface area contributed by atoms with Crippen LogP contribution in [0.3, 0.4) is 0 Å². The third kappa shape index (κ3) is 2.97. The highest BCUT2D eigenvalue weighted by Crippen LogP contribution is 2.25. The molecule has 0 saturated carbocycles. The lowest BCUT2D eigenvalue weighted by atomic mass is 10.1. The topological polar surface area (TPSA) is 52.5 Å². The minimum atomic E-state index is -0.498. The normalized spacial score (nSPS) is 16.9. The smallest absolute Gasteiger partial charge is 0.134 e. The fourth-order valence-electron chi connectivity index (χ4n) is 2.69. The Morgan fingerprint density at radius 1 is 0.952 bits per heavy atom. The molecule has 5 nitrogen and oxygen atoms in total. The van der Waals surface area contributed by atoms with E-state index >= 15 is 0 Å². The van der Waals surface area contributed by atoms with Gasteiger partial charge in [-0.15, -0.1) is 0 Å². The first-order valence-corrected chi connectivity index (χ1v) is 7.29. The molecule has 3 rings (SSSR count). The highest BCUT2D eigenvalue weighted by Gasteiger charge is 2.21. The fraction of sp³-hybridized carbons (Fsp3) is 0.375. The van der Waals surface area contributed by atoms with Crippen LogP contribution in [0.5, 0.6) is 0 Å². The van der Waals surface area contributed by atoms with E-state index in [1.807, 2.05) is 36.5 Å². The van der Waals surface area contributed by atoms with Crippen LogP contribution in [0.2, 0.25) is 0 Å². The van der Waals surface area contributed by atoms with Gasteiger partial charge in [0.1, 0.15) is 11.6 Å². The van der Waals surface area contributed by atoms with E-state index in [4.69, 9.17) is 0 Å². The molecule has 1 N–H and O–H groups in total. The average Bonchev–Trinajstić information content (AvgIpc) is 2.56. The molecule has 1 aliphatic rings. The summed E-state index contributed by atoms with van der Waals surface area (Å²) in [4.78, 5) is 13.4. The maximum Gasteiger partial charge on any atom is 0.134 e. The third-order valence-electron chi connectivity index (χ3n) is 3.82. The number of aliphatic hydroxyl groups is 1. The molecule has 1 atom stereocenters. The van der Waals surface area contributed by atoms with Crippen molar-refractivity contribution in [3.05, 3.63) is 48.3 Å². The number of rotatable bonds is 3. The fourth-order valence-corrected chi connectivity index (χ4v) is 2.69. The van der Waals surface area contributed by atoms with Crippen LogP contribution in [0.1, 0.15) is 18.6 Å². The number of hydrogen-bond acceptors (Lipinski definition) is 5. The Kier molecular flexibility index (Phi) is 4.01. The van der Waals surface area contributed by atoms with Crippen molar-refractivity contribution in [2.45, 2.75) is 13.0 Å². The number of hydrogen-bond donors (Lipinski definition) is 1. The van der Waals surface area contributed by atoms with Crippen LogP contribution < -0.4 is 9.80 Å². The second kappa shape index (κ2) is 6.10. The predicted octanol–water partition coefficient (Wildman–Crippen LogP) is 1.86. The molecule has 2 aromatic rings. The molecule has 0 amide bonds. The molecule has 3 heterocycles. The van der Waals surface area contributed by atoms with Crippen molar-refractivity contribution in [1.29, 1.82) is 0 Å². The monoisotopic (exact) mass is 284 g/mol. The van der Waals surface area contributed by atoms with E-state index in [1.165, 1.54) is 0 Å². The van der Waals surface area contributed by atoms with Crippen molar-refractivity contribution in [2.75, 3.05) is 36.0 Å². The van der Waals surface area contributed by atoms with Gasteiger partial charge >= 0.3 is 0 Å². The van der Waals surface area contributed by atoms with Crippen molar-refractivity contribution < 1.29 is 5.11 Å². The van der Waals surface area contributed by atoms with Crippen LogP contribution in [0, 0.1) is 0 Å². The summed E-state index contributed by atoms with van der Waals surface area (Å²) in [7, 11) is 0. The zero-order valence-electron chi connectivity index (χ0n) is 12.2. The lowest BCUT2D eigenvalue weighted by molar-refractivity contribution is 0.199. The summed E-state index contributed by atoms with van der Waals surface area (Å²) in [6.07, 6.45) is 3.11. The molecule has 1 aliphatic heterocycles. The molecule has 21 heavy (non-hydrogen) atoms. The molecule has 110 valence electrons. The molecule has 1 fully saturated rings. The SMILES string of the molecule is C[C@H](O)c1cccnc1N1CCN(c2ccccn2)CC1. The summed E-state index contributed by atoms with van der Waals surface area (Å²) in [6.45, 7) is 5.37. The van der Waals surface area contributed by atoms with E-state index < -0.39 is 6.10 Å². The zero-order chi connectivity index (χ0) is 14.7. The van der Waals surface area contributed by atoms with Gasteiger partial charge < -0.3 is 14.9 Å². The summed E-state index contributed by atoms with van der Waals surface area (Å²) in [6, 6.07) is 9.80. The lowest BCUT2D eigenvalue weighted by Crippen LogP contribution is -2.47. The Bertz CT molecular complexity index is 580. The van der Waals surface area contributed by atoms with E-state index in [2.05, 4.69) is 19.8 Å². The largest absolute Gasteiger partial charge is 0.389 e. The Labute approximate surface area is 124 Å². The molecule has 0 aliphatic carbocycles. The molecule has 0 bridgehead atoms. The van der Waals surface area contributed by atoms with Crippen LogP contribution in [-0.2, 0) is 0 Å². The Balaban J connectivity index is 1.72. The summed E-state index contributed by atoms with van der Waals surface area (Å²) in [5.41, 5.74) is 0.892. The Morgan fingerprint density at radius 3 is 2.33 bits per heavy atom. The van der Waals surface area contributed by atoms with E-state index in [1.54, 1.807) is 13.1 Å². The number of piperazine rings is 1. The standard InChI is InChI=1S/C16H20N4O/c1-13(21)14-5-4-8-18-16(14)20-11-9-19(10-12-20)15-6-2-3-7-17-15/h2-8,13,21H,9-12H2,1H3/t13-/m0/s1. The summed E-state index contributed by atoms with van der Waals surface area (Å²) in [5, 5.41) is 9.88. The van der Waals surface area contributed by atoms with Crippen molar-refractivity contribution in [3.63, 3.8) is 0 Å². The van der Waals surface area contributed by atoms with Gasteiger partial charge in [-0.25, -0.2) is 9.97 Å². The van der Waals surface area contributed by atoms with E-state index in [-0.39, 0.29) is 0 Å². The molecule has 5 heteroatoms. The molecule has 2 aromatic heterocycles. The number of pyridine rings is 2. The first kappa shape index (κ1) is 13.8. The molecular formula is C16H20N4O. The first-order valence-electron chi connectivity index (χ1n) is 7.29. The van der Waals surface area contributed by atoms with Crippen LogP contribution in [0.15, 0.2) is 42.7 Å². The van der Waals surface area contributed by atoms with Gasteiger partial charge in [-0.1, -0.05) is 12.1 Å². The number of nitrogens with zero attached hydrogens (tertiary/aromatic N) is 4. The number of anilines is 2. The summed E-state index contributed by atoms with van der Waals surface area (Å²) in [5.74, 6) is 1.92. The van der Waals surface area contributed by atoms with Crippen molar-refractivity contribution in [2.24, 2.45) is 0 Å². The van der Waals surface area contributed by atoms with Crippen LogP contribution in [-0.4, -0.2) is 41.3 Å². The lowest BCUT2D eigenvalue weighted by Gasteiger charge is -2.37. The molecule has 0 unspecified atom stereocenters. The Morgan fingerprint density at radius 2 is 1.67 bits per heavy atom. The maximum absolute atomic E-state index is 9.88. The molecule has 0 spiro atoms. The van der Waals surface area contributed by atoms with Crippen LogP contribution in [0.4, 0.5) is 11.6 Å². The highest BCUT2D eigenvalue weighted by molar-refractivity contribution is 5.50. The van der Waals surface area contributed by atoms with Gasteiger partial charge in [0.25, 0.3) is 0 Å². The van der Waals surface area contributed by atoms with E-state index in [0.717, 1.165) is 43.4 Å². The Hall–Kier alpha value is -2.14. The molecular weight excluding hydrogens is 264 g/mol. The van der Waals surface area contributed by atoms with Gasteiger partial charge in [0.15, 0.2) is 0 Å². The van der Waals surface area contributed by atoms with Gasteiger partial charge in [0.05, 0.1) is 6.10 Å².